The molecule has 0 spiro atoms. The van der Waals surface area contributed by atoms with Crippen molar-refractivity contribution < 1.29 is 14.3 Å². The second kappa shape index (κ2) is 6.50. The van der Waals surface area contributed by atoms with Crippen LogP contribution in [0.2, 0.25) is 0 Å². The molecule has 0 bridgehead atoms. The summed E-state index contributed by atoms with van der Waals surface area (Å²) in [6, 6.07) is 9.25. The molecule has 16 heavy (non-hydrogen) atoms. The Morgan fingerprint density at radius 1 is 1.38 bits per heavy atom. The number of benzene rings is 1. The molecule has 1 aromatic rings. The van der Waals surface area contributed by atoms with Gasteiger partial charge in [0.05, 0.1) is 12.3 Å². The average molecular weight is 221 g/mol. The first-order chi connectivity index (χ1) is 7.72. The van der Waals surface area contributed by atoms with E-state index in [1.165, 1.54) is 6.08 Å². The van der Waals surface area contributed by atoms with Gasteiger partial charge in [-0.15, -0.1) is 0 Å². The molecule has 1 rings (SSSR count). The lowest BCUT2D eigenvalue weighted by atomic mass is 10.3. The van der Waals surface area contributed by atoms with Gasteiger partial charge >= 0.3 is 5.97 Å². The molecular formula is C12H15NO3. The Labute approximate surface area is 94.7 Å². The second-order valence-corrected chi connectivity index (χ2v) is 3.07. The second-order valence-electron chi connectivity index (χ2n) is 3.07. The normalized spacial score (nSPS) is 10.9. The van der Waals surface area contributed by atoms with Crippen molar-refractivity contribution in [3.63, 3.8) is 0 Å². The first-order valence-corrected chi connectivity index (χ1v) is 5.03. The van der Waals surface area contributed by atoms with Gasteiger partial charge in [-0.05, 0) is 19.1 Å². The number of carbonyl (C=O) groups excluding carboxylic acids is 1. The molecule has 0 atom stereocenters. The largest absolute Gasteiger partial charge is 0.487 e. The molecule has 0 aliphatic carbocycles. The lowest BCUT2D eigenvalue weighted by Crippen LogP contribution is -2.12. The van der Waals surface area contributed by atoms with Gasteiger partial charge < -0.3 is 15.2 Å². The highest BCUT2D eigenvalue weighted by Gasteiger charge is 1.99. The van der Waals surface area contributed by atoms with E-state index in [1.54, 1.807) is 6.92 Å². The molecule has 4 nitrogen and oxygen atoms in total. The van der Waals surface area contributed by atoms with Gasteiger partial charge in [-0.3, -0.25) is 0 Å². The third-order valence-electron chi connectivity index (χ3n) is 1.74. The molecule has 2 N–H and O–H groups in total. The highest BCUT2D eigenvalue weighted by Crippen LogP contribution is 2.08. The Kier molecular flexibility index (Phi) is 4.92. The zero-order chi connectivity index (χ0) is 11.8. The highest BCUT2D eigenvalue weighted by molar-refractivity contribution is 5.82. The summed E-state index contributed by atoms with van der Waals surface area (Å²) in [7, 11) is 0. The first kappa shape index (κ1) is 12.1. The van der Waals surface area contributed by atoms with Crippen molar-refractivity contribution >= 4 is 5.97 Å². The fraction of sp³-hybridized carbons (Fsp3) is 0.250. The van der Waals surface area contributed by atoms with E-state index in [1.807, 2.05) is 30.3 Å². The van der Waals surface area contributed by atoms with Crippen LogP contribution in [-0.4, -0.2) is 19.2 Å². The van der Waals surface area contributed by atoms with E-state index < -0.39 is 5.97 Å². The number of esters is 1. The third-order valence-corrected chi connectivity index (χ3v) is 1.74. The number of hydrogen-bond donors (Lipinski definition) is 1. The summed E-state index contributed by atoms with van der Waals surface area (Å²) in [5.41, 5.74) is 5.92. The van der Waals surface area contributed by atoms with Crippen molar-refractivity contribution in [1.82, 2.24) is 0 Å². The summed E-state index contributed by atoms with van der Waals surface area (Å²) >= 11 is 0. The molecule has 0 heterocycles. The van der Waals surface area contributed by atoms with Crippen LogP contribution in [0.5, 0.6) is 5.75 Å². The Morgan fingerprint density at radius 2 is 2.06 bits per heavy atom. The minimum absolute atomic E-state index is 0.169. The zero-order valence-electron chi connectivity index (χ0n) is 9.18. The predicted octanol–water partition coefficient (Wildman–Crippen LogP) is 1.47. The third kappa shape index (κ3) is 4.50. The summed E-state index contributed by atoms with van der Waals surface area (Å²) in [5.74, 6) is 0.263. The molecule has 1 aromatic carbocycles. The van der Waals surface area contributed by atoms with E-state index in [2.05, 4.69) is 0 Å². The summed E-state index contributed by atoms with van der Waals surface area (Å²) in [4.78, 5) is 11.0. The maximum atomic E-state index is 11.0. The van der Waals surface area contributed by atoms with E-state index >= 15 is 0 Å². The maximum absolute atomic E-state index is 11.0. The Bertz CT molecular complexity index is 360. The molecule has 0 aliphatic rings. The van der Waals surface area contributed by atoms with Crippen molar-refractivity contribution in [3.8, 4) is 5.75 Å². The van der Waals surface area contributed by atoms with Crippen LogP contribution >= 0.6 is 0 Å². The molecule has 0 saturated carbocycles. The van der Waals surface area contributed by atoms with Gasteiger partial charge in [0.1, 0.15) is 12.4 Å². The molecule has 0 aromatic heterocycles. The number of nitrogens with two attached hydrogens (primary N) is 1. The van der Waals surface area contributed by atoms with E-state index in [4.69, 9.17) is 15.2 Å². The summed E-state index contributed by atoms with van der Waals surface area (Å²) < 4.78 is 10.1. The molecule has 86 valence electrons. The fourth-order valence-corrected chi connectivity index (χ4v) is 1.06. The Balaban J connectivity index is 2.40. The minimum Gasteiger partial charge on any atom is -0.487 e. The van der Waals surface area contributed by atoms with Crippen LogP contribution in [-0.2, 0) is 9.53 Å². The highest BCUT2D eigenvalue weighted by atomic mass is 16.5. The van der Waals surface area contributed by atoms with Crippen LogP contribution in [0.4, 0.5) is 0 Å². The quantitative estimate of drug-likeness (QED) is 0.604. The van der Waals surface area contributed by atoms with Gasteiger partial charge in [-0.25, -0.2) is 4.79 Å². The van der Waals surface area contributed by atoms with Crippen molar-refractivity contribution in [3.05, 3.63) is 42.1 Å². The SMILES string of the molecule is CCOC(=O)/C=C(\N)COc1ccccc1. The summed E-state index contributed by atoms with van der Waals surface area (Å²) in [5, 5.41) is 0. The van der Waals surface area contributed by atoms with Crippen molar-refractivity contribution in [2.24, 2.45) is 5.73 Å². The fourth-order valence-electron chi connectivity index (χ4n) is 1.06. The van der Waals surface area contributed by atoms with Crippen LogP contribution in [0, 0.1) is 0 Å². The standard InChI is InChI=1S/C12H15NO3/c1-2-15-12(14)8-10(13)9-16-11-6-4-3-5-7-11/h3-8H,2,9,13H2,1H3/b10-8-. The van der Waals surface area contributed by atoms with Gasteiger partial charge in [0.25, 0.3) is 0 Å². The molecule has 4 heteroatoms. The predicted molar refractivity (Wildman–Crippen MR) is 60.8 cm³/mol. The Hall–Kier alpha value is -1.97. The number of rotatable bonds is 5. The number of ether oxygens (including phenoxy) is 2. The molecule has 0 fully saturated rings. The average Bonchev–Trinajstić information content (AvgIpc) is 2.28. The summed E-state index contributed by atoms with van der Waals surface area (Å²) in [6.07, 6.45) is 1.23. The van der Waals surface area contributed by atoms with E-state index in [0.29, 0.717) is 18.1 Å². The number of hydrogen-bond acceptors (Lipinski definition) is 4. The molecule has 0 amide bonds. The van der Waals surface area contributed by atoms with Crippen LogP contribution in [0.25, 0.3) is 0 Å². The molecule has 0 aliphatic heterocycles. The Morgan fingerprint density at radius 3 is 2.69 bits per heavy atom. The van der Waals surface area contributed by atoms with E-state index in [0.717, 1.165) is 0 Å². The lowest BCUT2D eigenvalue weighted by molar-refractivity contribution is -0.137. The monoisotopic (exact) mass is 221 g/mol. The topological polar surface area (TPSA) is 61.5 Å². The van der Waals surface area contributed by atoms with Gasteiger partial charge in [0.2, 0.25) is 0 Å². The van der Waals surface area contributed by atoms with Crippen molar-refractivity contribution in [2.75, 3.05) is 13.2 Å². The van der Waals surface area contributed by atoms with Gasteiger partial charge in [-0.1, -0.05) is 18.2 Å². The maximum Gasteiger partial charge on any atom is 0.332 e. The van der Waals surface area contributed by atoms with Gasteiger partial charge in [0, 0.05) is 6.08 Å². The summed E-state index contributed by atoms with van der Waals surface area (Å²) in [6.45, 7) is 2.24. The number of carbonyl (C=O) groups is 1. The smallest absolute Gasteiger partial charge is 0.332 e. The van der Waals surface area contributed by atoms with Crippen LogP contribution in [0.15, 0.2) is 42.1 Å². The zero-order valence-corrected chi connectivity index (χ0v) is 9.18. The van der Waals surface area contributed by atoms with Gasteiger partial charge in [0.15, 0.2) is 0 Å². The lowest BCUT2D eigenvalue weighted by Gasteiger charge is -2.05. The molecule has 0 unspecified atom stereocenters. The number of para-hydroxylation sites is 1. The molecular weight excluding hydrogens is 206 g/mol. The van der Waals surface area contributed by atoms with Crippen molar-refractivity contribution in [1.29, 1.82) is 0 Å². The van der Waals surface area contributed by atoms with Crippen molar-refractivity contribution in [2.45, 2.75) is 6.92 Å². The van der Waals surface area contributed by atoms with Gasteiger partial charge in [-0.2, -0.15) is 0 Å². The molecule has 0 radical (unpaired) electrons. The molecule has 0 saturated heterocycles. The van der Waals surface area contributed by atoms with Crippen LogP contribution in [0.3, 0.4) is 0 Å². The van der Waals surface area contributed by atoms with Crippen LogP contribution < -0.4 is 10.5 Å². The van der Waals surface area contributed by atoms with E-state index in [-0.39, 0.29) is 6.61 Å². The van der Waals surface area contributed by atoms with E-state index in [9.17, 15) is 4.79 Å². The minimum atomic E-state index is -0.448. The first-order valence-electron chi connectivity index (χ1n) is 5.03. The van der Waals surface area contributed by atoms with Crippen LogP contribution in [0.1, 0.15) is 6.92 Å².